The number of amides is 2. The molecule has 25 heavy (non-hydrogen) atoms. The van der Waals surface area contributed by atoms with E-state index in [-0.39, 0.29) is 17.5 Å². The molecule has 2 heterocycles. The average Bonchev–Trinajstić information content (AvgIpc) is 2.60. The van der Waals surface area contributed by atoms with Gasteiger partial charge in [0, 0.05) is 17.7 Å². The van der Waals surface area contributed by atoms with Crippen LogP contribution in [0.3, 0.4) is 0 Å². The molecule has 1 aromatic heterocycles. The second-order valence-corrected chi connectivity index (χ2v) is 5.90. The normalized spacial score (nSPS) is 20.8. The van der Waals surface area contributed by atoms with Crippen molar-refractivity contribution in [3.05, 3.63) is 71.7 Å². The predicted octanol–water partition coefficient (Wildman–Crippen LogP) is 2.36. The van der Waals surface area contributed by atoms with Gasteiger partial charge in [0.2, 0.25) is 5.91 Å². The molecule has 2 aliphatic rings. The van der Waals surface area contributed by atoms with Crippen LogP contribution in [0.15, 0.2) is 71.0 Å². The number of benzene rings is 1. The molecule has 0 fully saturated rings. The summed E-state index contributed by atoms with van der Waals surface area (Å²) in [6.07, 6.45) is 8.40. The Labute approximate surface area is 143 Å². The highest BCUT2D eigenvalue weighted by molar-refractivity contribution is 6.13. The number of hydrogen-bond acceptors (Lipinski definition) is 4. The summed E-state index contributed by atoms with van der Waals surface area (Å²) < 4.78 is 0. The van der Waals surface area contributed by atoms with Gasteiger partial charge in [-0.3, -0.25) is 14.6 Å². The number of carbonyl (C=O) groups is 2. The molecular formula is C19H14N4O2. The predicted molar refractivity (Wildman–Crippen MR) is 93.9 cm³/mol. The Kier molecular flexibility index (Phi) is 3.57. The molecule has 2 aromatic rings. The smallest absolute Gasteiger partial charge is 0.297 e. The molecule has 1 aliphatic heterocycles. The average molecular weight is 330 g/mol. The number of fused-ring (bicyclic) bond motifs is 2. The molecule has 1 N–H and O–H groups in total. The van der Waals surface area contributed by atoms with Crippen molar-refractivity contribution >= 4 is 28.6 Å². The lowest BCUT2D eigenvalue weighted by atomic mass is 9.89. The first-order valence-electron chi connectivity index (χ1n) is 7.84. The Morgan fingerprint density at radius 1 is 1.20 bits per heavy atom. The fourth-order valence-corrected chi connectivity index (χ4v) is 2.89. The van der Waals surface area contributed by atoms with E-state index in [9.17, 15) is 9.59 Å². The molecule has 122 valence electrons. The van der Waals surface area contributed by atoms with E-state index in [0.717, 1.165) is 16.8 Å². The highest BCUT2D eigenvalue weighted by Gasteiger charge is 2.24. The number of rotatable bonds is 1. The topological polar surface area (TPSA) is 84.3 Å². The number of nitrogens with zero attached hydrogens (tertiary/aromatic N) is 3. The number of nitrogens with one attached hydrogen (secondary N) is 1. The molecular weight excluding hydrogens is 316 g/mol. The third kappa shape index (κ3) is 2.89. The summed E-state index contributed by atoms with van der Waals surface area (Å²) in [5.41, 5.74) is 3.71. The standard InChI is InChI=1S/C19H14N4O2/c1-11-8-18(24)23-16-9-12(6-7-13(11)16)21-19(25)17-10-20-14-4-2-3-5-15(14)22-17/h2-10,13H,1H3,(H,23,24). The maximum absolute atomic E-state index is 12.4. The van der Waals surface area contributed by atoms with Crippen LogP contribution in [0.25, 0.3) is 11.0 Å². The van der Waals surface area contributed by atoms with Crippen LogP contribution in [0.4, 0.5) is 0 Å². The minimum atomic E-state index is -0.470. The fourth-order valence-electron chi connectivity index (χ4n) is 2.89. The molecule has 1 atom stereocenters. The molecule has 4 rings (SSSR count). The van der Waals surface area contributed by atoms with Gasteiger partial charge in [-0.15, -0.1) is 0 Å². The molecule has 1 aliphatic carbocycles. The van der Waals surface area contributed by atoms with Crippen molar-refractivity contribution < 1.29 is 9.59 Å². The van der Waals surface area contributed by atoms with E-state index in [0.29, 0.717) is 11.2 Å². The van der Waals surface area contributed by atoms with Crippen molar-refractivity contribution in [3.8, 4) is 0 Å². The minimum Gasteiger partial charge on any atom is -0.325 e. The number of para-hydroxylation sites is 2. The van der Waals surface area contributed by atoms with Gasteiger partial charge in [-0.25, -0.2) is 9.98 Å². The third-order valence-electron chi connectivity index (χ3n) is 4.11. The molecule has 0 radical (unpaired) electrons. The van der Waals surface area contributed by atoms with E-state index < -0.39 is 5.91 Å². The van der Waals surface area contributed by atoms with Crippen molar-refractivity contribution in [3.63, 3.8) is 0 Å². The number of aliphatic imine (C=N–C) groups is 1. The maximum Gasteiger partial charge on any atom is 0.297 e. The van der Waals surface area contributed by atoms with Gasteiger partial charge in [0.05, 0.1) is 22.9 Å². The summed E-state index contributed by atoms with van der Waals surface area (Å²) in [6.45, 7) is 1.90. The number of hydrogen-bond donors (Lipinski definition) is 1. The molecule has 0 saturated carbocycles. The summed E-state index contributed by atoms with van der Waals surface area (Å²) in [5.74, 6) is -0.615. The van der Waals surface area contributed by atoms with Crippen molar-refractivity contribution in [1.82, 2.24) is 15.3 Å². The molecule has 0 bridgehead atoms. The van der Waals surface area contributed by atoms with Crippen LogP contribution in [0.5, 0.6) is 0 Å². The van der Waals surface area contributed by atoms with Gasteiger partial charge in [-0.05, 0) is 31.2 Å². The second-order valence-electron chi connectivity index (χ2n) is 5.90. The van der Waals surface area contributed by atoms with Crippen molar-refractivity contribution in [1.29, 1.82) is 0 Å². The molecule has 6 heteroatoms. The molecule has 0 saturated heterocycles. The van der Waals surface area contributed by atoms with Crippen LogP contribution < -0.4 is 5.32 Å². The van der Waals surface area contributed by atoms with Gasteiger partial charge in [-0.2, -0.15) is 0 Å². The van der Waals surface area contributed by atoms with Crippen molar-refractivity contribution in [2.24, 2.45) is 10.9 Å². The van der Waals surface area contributed by atoms with E-state index in [1.54, 1.807) is 24.3 Å². The van der Waals surface area contributed by atoms with Gasteiger partial charge in [0.1, 0.15) is 5.69 Å². The zero-order valence-corrected chi connectivity index (χ0v) is 13.4. The fraction of sp³-hybridized carbons (Fsp3) is 0.105. The first-order valence-corrected chi connectivity index (χ1v) is 7.84. The highest BCUT2D eigenvalue weighted by atomic mass is 16.2. The van der Waals surface area contributed by atoms with Crippen molar-refractivity contribution in [2.45, 2.75) is 6.92 Å². The van der Waals surface area contributed by atoms with Crippen LogP contribution in [0, 0.1) is 5.92 Å². The minimum absolute atomic E-state index is 0.0206. The zero-order valence-electron chi connectivity index (χ0n) is 13.4. The summed E-state index contributed by atoms with van der Waals surface area (Å²) in [6, 6.07) is 7.33. The quantitative estimate of drug-likeness (QED) is 0.870. The molecule has 0 spiro atoms. The Bertz CT molecular complexity index is 1030. The number of aromatic nitrogens is 2. The van der Waals surface area contributed by atoms with E-state index in [1.807, 2.05) is 31.2 Å². The summed E-state index contributed by atoms with van der Waals surface area (Å²) in [7, 11) is 0. The monoisotopic (exact) mass is 330 g/mol. The molecule has 2 amide bonds. The van der Waals surface area contributed by atoms with E-state index in [2.05, 4.69) is 20.3 Å². The number of carbonyl (C=O) groups excluding carboxylic acids is 2. The van der Waals surface area contributed by atoms with E-state index in [1.165, 1.54) is 6.20 Å². The van der Waals surface area contributed by atoms with Crippen LogP contribution >= 0.6 is 0 Å². The second kappa shape index (κ2) is 5.90. The van der Waals surface area contributed by atoms with Crippen molar-refractivity contribution in [2.75, 3.05) is 0 Å². The van der Waals surface area contributed by atoms with Gasteiger partial charge >= 0.3 is 0 Å². The summed E-state index contributed by atoms with van der Waals surface area (Å²) >= 11 is 0. The van der Waals surface area contributed by atoms with Gasteiger partial charge in [-0.1, -0.05) is 23.8 Å². The van der Waals surface area contributed by atoms with Crippen LogP contribution in [-0.2, 0) is 4.79 Å². The Balaban J connectivity index is 1.64. The van der Waals surface area contributed by atoms with Crippen LogP contribution in [-0.4, -0.2) is 27.5 Å². The lowest BCUT2D eigenvalue weighted by Gasteiger charge is -2.25. The zero-order chi connectivity index (χ0) is 17.4. The first kappa shape index (κ1) is 15.1. The largest absolute Gasteiger partial charge is 0.325 e. The van der Waals surface area contributed by atoms with Crippen LogP contribution in [0.2, 0.25) is 0 Å². The van der Waals surface area contributed by atoms with E-state index >= 15 is 0 Å². The Morgan fingerprint density at radius 2 is 2.00 bits per heavy atom. The van der Waals surface area contributed by atoms with Gasteiger partial charge < -0.3 is 5.32 Å². The molecule has 1 unspecified atom stereocenters. The lowest BCUT2D eigenvalue weighted by Crippen LogP contribution is -2.32. The summed E-state index contributed by atoms with van der Waals surface area (Å²) in [5, 5.41) is 2.79. The molecule has 1 aromatic carbocycles. The highest BCUT2D eigenvalue weighted by Crippen LogP contribution is 2.26. The third-order valence-corrected chi connectivity index (χ3v) is 4.11. The SMILES string of the molecule is CC1=CC(=O)NC2=CC(=NC(=O)c3cnc4ccccc4n3)C=CC12. The Morgan fingerprint density at radius 3 is 2.84 bits per heavy atom. The van der Waals surface area contributed by atoms with E-state index in [4.69, 9.17) is 0 Å². The maximum atomic E-state index is 12.4. The van der Waals surface area contributed by atoms with Crippen LogP contribution in [0.1, 0.15) is 17.4 Å². The molecule has 6 nitrogen and oxygen atoms in total. The lowest BCUT2D eigenvalue weighted by molar-refractivity contribution is -0.116. The van der Waals surface area contributed by atoms with Gasteiger partial charge in [0.25, 0.3) is 5.91 Å². The summed E-state index contributed by atoms with van der Waals surface area (Å²) in [4.78, 5) is 36.6. The first-order chi connectivity index (χ1) is 12.1. The number of allylic oxidation sites excluding steroid dienone is 3. The Hall–Kier alpha value is -3.41. The van der Waals surface area contributed by atoms with Gasteiger partial charge in [0.15, 0.2) is 0 Å².